The lowest BCUT2D eigenvalue weighted by atomic mass is 9.89. The van der Waals surface area contributed by atoms with Gasteiger partial charge >= 0.3 is 0 Å². The molecule has 22 heavy (non-hydrogen) atoms. The van der Waals surface area contributed by atoms with Gasteiger partial charge in [0.05, 0.1) is 6.10 Å². The normalized spacial score (nSPS) is 18.6. The SMILES string of the molecule is C=CCC(OOC1CCCCC1)(C(N)=O)c1cccc(F)c1. The first-order chi connectivity index (χ1) is 10.6. The summed E-state index contributed by atoms with van der Waals surface area (Å²) in [7, 11) is 0. The van der Waals surface area contributed by atoms with Gasteiger partial charge in [-0.1, -0.05) is 37.5 Å². The van der Waals surface area contributed by atoms with Crippen molar-refractivity contribution in [1.82, 2.24) is 0 Å². The van der Waals surface area contributed by atoms with Crippen molar-refractivity contribution < 1.29 is 19.0 Å². The Bertz CT molecular complexity index is 528. The highest BCUT2D eigenvalue weighted by Gasteiger charge is 2.41. The van der Waals surface area contributed by atoms with Crippen LogP contribution in [0.2, 0.25) is 0 Å². The van der Waals surface area contributed by atoms with E-state index in [1.54, 1.807) is 6.07 Å². The molecule has 4 nitrogen and oxygen atoms in total. The molecule has 0 spiro atoms. The van der Waals surface area contributed by atoms with Crippen LogP contribution < -0.4 is 5.73 Å². The molecule has 0 radical (unpaired) electrons. The van der Waals surface area contributed by atoms with Gasteiger partial charge < -0.3 is 5.73 Å². The van der Waals surface area contributed by atoms with E-state index in [4.69, 9.17) is 15.5 Å². The van der Waals surface area contributed by atoms with Crippen LogP contribution in [0.25, 0.3) is 0 Å². The van der Waals surface area contributed by atoms with E-state index < -0.39 is 17.3 Å². The molecule has 1 amide bonds. The van der Waals surface area contributed by atoms with Crippen LogP contribution in [0.4, 0.5) is 4.39 Å². The minimum atomic E-state index is -1.55. The molecule has 1 aromatic carbocycles. The maximum atomic E-state index is 13.5. The van der Waals surface area contributed by atoms with Crippen molar-refractivity contribution in [2.45, 2.75) is 50.2 Å². The third kappa shape index (κ3) is 3.72. The molecular formula is C17H22FNO3. The minimum Gasteiger partial charge on any atom is -0.367 e. The Morgan fingerprint density at radius 2 is 2.14 bits per heavy atom. The van der Waals surface area contributed by atoms with Gasteiger partial charge in [-0.2, -0.15) is 0 Å². The Balaban J connectivity index is 2.23. The highest BCUT2D eigenvalue weighted by molar-refractivity contribution is 5.85. The quantitative estimate of drug-likeness (QED) is 0.477. The first-order valence-electron chi connectivity index (χ1n) is 7.60. The molecular weight excluding hydrogens is 285 g/mol. The lowest BCUT2D eigenvalue weighted by molar-refractivity contribution is -0.381. The van der Waals surface area contributed by atoms with E-state index in [0.717, 1.165) is 25.7 Å². The van der Waals surface area contributed by atoms with Crippen molar-refractivity contribution in [3.05, 3.63) is 48.3 Å². The van der Waals surface area contributed by atoms with E-state index in [2.05, 4.69) is 6.58 Å². The number of amides is 1. The summed E-state index contributed by atoms with van der Waals surface area (Å²) in [6.07, 6.45) is 6.64. The third-order valence-corrected chi connectivity index (χ3v) is 4.00. The molecule has 1 atom stereocenters. The lowest BCUT2D eigenvalue weighted by Gasteiger charge is -2.31. The molecule has 2 N–H and O–H groups in total. The third-order valence-electron chi connectivity index (χ3n) is 4.00. The maximum absolute atomic E-state index is 13.5. The summed E-state index contributed by atoms with van der Waals surface area (Å²) in [5.41, 5.74) is 4.32. The second kappa shape index (κ2) is 7.51. The monoisotopic (exact) mass is 307 g/mol. The molecule has 0 saturated heterocycles. The van der Waals surface area contributed by atoms with Crippen molar-refractivity contribution in [2.75, 3.05) is 0 Å². The maximum Gasteiger partial charge on any atom is 0.258 e. The molecule has 1 unspecified atom stereocenters. The van der Waals surface area contributed by atoms with Crippen LogP contribution >= 0.6 is 0 Å². The molecule has 0 aliphatic heterocycles. The fourth-order valence-electron chi connectivity index (χ4n) is 2.74. The summed E-state index contributed by atoms with van der Waals surface area (Å²) >= 11 is 0. The Hall–Kier alpha value is -1.72. The van der Waals surface area contributed by atoms with E-state index in [-0.39, 0.29) is 12.5 Å². The fourth-order valence-corrected chi connectivity index (χ4v) is 2.74. The largest absolute Gasteiger partial charge is 0.367 e. The summed E-state index contributed by atoms with van der Waals surface area (Å²) in [6.45, 7) is 3.63. The van der Waals surface area contributed by atoms with Crippen molar-refractivity contribution in [3.63, 3.8) is 0 Å². The molecule has 0 aromatic heterocycles. The van der Waals surface area contributed by atoms with Gasteiger partial charge in [-0.25, -0.2) is 14.2 Å². The molecule has 0 heterocycles. The zero-order chi connectivity index (χ0) is 16.0. The summed E-state index contributed by atoms with van der Waals surface area (Å²) in [5.74, 6) is -1.19. The number of primary amides is 1. The average Bonchev–Trinajstić information content (AvgIpc) is 2.52. The zero-order valence-electron chi connectivity index (χ0n) is 12.6. The van der Waals surface area contributed by atoms with E-state index in [0.29, 0.717) is 5.56 Å². The van der Waals surface area contributed by atoms with Crippen molar-refractivity contribution >= 4 is 5.91 Å². The predicted molar refractivity (Wildman–Crippen MR) is 81.1 cm³/mol. The van der Waals surface area contributed by atoms with E-state index >= 15 is 0 Å². The minimum absolute atomic E-state index is 0.0640. The van der Waals surface area contributed by atoms with Gasteiger partial charge in [-0.15, -0.1) is 6.58 Å². The number of carbonyl (C=O) groups is 1. The van der Waals surface area contributed by atoms with Gasteiger partial charge in [-0.3, -0.25) is 4.79 Å². The molecule has 1 aliphatic rings. The number of rotatable bonds is 7. The smallest absolute Gasteiger partial charge is 0.258 e. The number of nitrogens with two attached hydrogens (primary N) is 1. The number of benzene rings is 1. The second-order valence-electron chi connectivity index (χ2n) is 5.63. The van der Waals surface area contributed by atoms with Crippen LogP contribution in [0.3, 0.4) is 0 Å². The van der Waals surface area contributed by atoms with Gasteiger partial charge in [-0.05, 0) is 30.5 Å². The number of halogens is 1. The molecule has 5 heteroatoms. The number of hydrogen-bond acceptors (Lipinski definition) is 3. The van der Waals surface area contributed by atoms with Crippen LogP contribution in [0, 0.1) is 5.82 Å². The van der Waals surface area contributed by atoms with Crippen molar-refractivity contribution in [1.29, 1.82) is 0 Å². The van der Waals surface area contributed by atoms with Gasteiger partial charge in [0, 0.05) is 6.42 Å². The molecule has 1 saturated carbocycles. The predicted octanol–water partition coefficient (Wildman–Crippen LogP) is 3.36. The molecule has 0 bridgehead atoms. The summed E-state index contributed by atoms with van der Waals surface area (Å²) < 4.78 is 13.5. The summed E-state index contributed by atoms with van der Waals surface area (Å²) in [6, 6.07) is 5.64. The molecule has 2 rings (SSSR count). The Kier molecular flexibility index (Phi) is 5.69. The van der Waals surface area contributed by atoms with Crippen LogP contribution in [0.5, 0.6) is 0 Å². The Morgan fingerprint density at radius 1 is 1.41 bits per heavy atom. The standard InChI is InChI=1S/C17H22FNO3/c1-2-11-17(16(19)20,13-7-6-8-14(18)12-13)22-21-15-9-4-3-5-10-15/h2,6-8,12,15H,1,3-5,9-11H2,(H2,19,20). The van der Waals surface area contributed by atoms with Crippen LogP contribution in [-0.4, -0.2) is 12.0 Å². The zero-order valence-corrected chi connectivity index (χ0v) is 12.6. The Labute approximate surface area is 130 Å². The van der Waals surface area contributed by atoms with E-state index in [9.17, 15) is 9.18 Å². The molecule has 120 valence electrons. The lowest BCUT2D eigenvalue weighted by Crippen LogP contribution is -2.44. The highest BCUT2D eigenvalue weighted by Crippen LogP contribution is 2.33. The fraction of sp³-hybridized carbons (Fsp3) is 0.471. The van der Waals surface area contributed by atoms with Crippen LogP contribution in [0.15, 0.2) is 36.9 Å². The molecule has 1 fully saturated rings. The van der Waals surface area contributed by atoms with E-state index in [1.807, 2.05) is 0 Å². The first kappa shape index (κ1) is 16.6. The summed E-state index contributed by atoms with van der Waals surface area (Å²) in [5, 5.41) is 0. The molecule has 1 aromatic rings. The van der Waals surface area contributed by atoms with Crippen molar-refractivity contribution in [2.24, 2.45) is 5.73 Å². The van der Waals surface area contributed by atoms with Gasteiger partial charge in [0.15, 0.2) is 0 Å². The summed E-state index contributed by atoms with van der Waals surface area (Å²) in [4.78, 5) is 23.0. The number of carbonyl (C=O) groups excluding carboxylic acids is 1. The number of hydrogen-bond donors (Lipinski definition) is 1. The van der Waals surface area contributed by atoms with E-state index in [1.165, 1.54) is 30.7 Å². The second-order valence-corrected chi connectivity index (χ2v) is 5.63. The molecule has 1 aliphatic carbocycles. The topological polar surface area (TPSA) is 61.6 Å². The Morgan fingerprint density at radius 3 is 2.73 bits per heavy atom. The first-order valence-corrected chi connectivity index (χ1v) is 7.60. The van der Waals surface area contributed by atoms with Gasteiger partial charge in [0.1, 0.15) is 5.82 Å². The van der Waals surface area contributed by atoms with Gasteiger partial charge in [0.2, 0.25) is 5.60 Å². The average molecular weight is 307 g/mol. The van der Waals surface area contributed by atoms with Crippen LogP contribution in [0.1, 0.15) is 44.1 Å². The van der Waals surface area contributed by atoms with Crippen LogP contribution in [-0.2, 0) is 20.2 Å². The van der Waals surface area contributed by atoms with Gasteiger partial charge in [0.25, 0.3) is 5.91 Å². The van der Waals surface area contributed by atoms with Crippen molar-refractivity contribution in [3.8, 4) is 0 Å². The highest BCUT2D eigenvalue weighted by atomic mass is 19.1.